The van der Waals surface area contributed by atoms with Gasteiger partial charge in [-0.15, -0.1) is 0 Å². The number of rotatable bonds is 3. The summed E-state index contributed by atoms with van der Waals surface area (Å²) in [5.74, 6) is -0.0390. The first-order chi connectivity index (χ1) is 9.81. The van der Waals surface area contributed by atoms with E-state index in [0.717, 1.165) is 12.8 Å². The summed E-state index contributed by atoms with van der Waals surface area (Å²) >= 11 is 0. The van der Waals surface area contributed by atoms with Crippen molar-refractivity contribution in [1.29, 1.82) is 0 Å². The summed E-state index contributed by atoms with van der Waals surface area (Å²) in [6, 6.07) is 1.75. The van der Waals surface area contributed by atoms with Gasteiger partial charge in [-0.25, -0.2) is 9.97 Å². The number of aromatic nitrogens is 2. The minimum Gasteiger partial charge on any atom is -0.376 e. The average Bonchev–Trinajstić information content (AvgIpc) is 2.91. The van der Waals surface area contributed by atoms with Crippen LogP contribution in [0.1, 0.15) is 30.3 Å². The minimum absolute atomic E-state index is 0.00510. The zero-order chi connectivity index (χ0) is 13.9. The fourth-order valence-electron chi connectivity index (χ4n) is 3.12. The summed E-state index contributed by atoms with van der Waals surface area (Å²) in [5.41, 5.74) is 0.445. The van der Waals surface area contributed by atoms with Crippen LogP contribution in [0.5, 0.6) is 0 Å². The van der Waals surface area contributed by atoms with Crippen LogP contribution >= 0.6 is 0 Å². The van der Waals surface area contributed by atoms with Crippen LogP contribution in [0.2, 0.25) is 0 Å². The summed E-state index contributed by atoms with van der Waals surface area (Å²) in [6.45, 7) is 3.83. The van der Waals surface area contributed by atoms with Crippen molar-refractivity contribution in [3.05, 3.63) is 24.3 Å². The molecule has 3 rings (SSSR count). The van der Waals surface area contributed by atoms with E-state index in [-0.39, 0.29) is 24.2 Å². The van der Waals surface area contributed by atoms with Crippen molar-refractivity contribution in [2.24, 2.45) is 0 Å². The molecule has 6 nitrogen and oxygen atoms in total. The zero-order valence-electron chi connectivity index (χ0n) is 11.6. The highest BCUT2D eigenvalue weighted by Crippen LogP contribution is 2.32. The molecule has 0 spiro atoms. The molecule has 0 N–H and O–H groups in total. The lowest BCUT2D eigenvalue weighted by Crippen LogP contribution is -2.54. The summed E-state index contributed by atoms with van der Waals surface area (Å²) < 4.78 is 11.5. The number of hydrogen-bond donors (Lipinski definition) is 0. The topological polar surface area (TPSA) is 64.6 Å². The number of carbonyl (C=O) groups excluding carboxylic acids is 1. The lowest BCUT2D eigenvalue weighted by atomic mass is 10.1. The van der Waals surface area contributed by atoms with Crippen molar-refractivity contribution in [2.75, 3.05) is 19.8 Å². The number of carbonyl (C=O) groups is 1. The highest BCUT2D eigenvalue weighted by molar-refractivity contribution is 5.92. The first-order valence-electron chi connectivity index (χ1n) is 7.11. The fourth-order valence-corrected chi connectivity index (χ4v) is 3.12. The maximum absolute atomic E-state index is 12.5. The van der Waals surface area contributed by atoms with Gasteiger partial charge in [-0.3, -0.25) is 4.79 Å². The van der Waals surface area contributed by atoms with Crippen LogP contribution in [-0.2, 0) is 9.47 Å². The van der Waals surface area contributed by atoms with E-state index in [1.807, 2.05) is 11.8 Å². The minimum atomic E-state index is -0.0390. The predicted molar refractivity (Wildman–Crippen MR) is 71.2 cm³/mol. The highest BCUT2D eigenvalue weighted by Gasteiger charge is 2.45. The molecule has 2 heterocycles. The SMILES string of the molecule is CCO[C@H]1CC[C@H]2[C@H]1OCCN2C(=O)c1ccncn1. The second-order valence-corrected chi connectivity index (χ2v) is 5.07. The Morgan fingerprint density at radius 2 is 2.45 bits per heavy atom. The van der Waals surface area contributed by atoms with Gasteiger partial charge < -0.3 is 14.4 Å². The number of fused-ring (bicyclic) bond motifs is 1. The third-order valence-electron chi connectivity index (χ3n) is 3.98. The van der Waals surface area contributed by atoms with Gasteiger partial charge in [-0.2, -0.15) is 0 Å². The Labute approximate surface area is 118 Å². The quantitative estimate of drug-likeness (QED) is 0.821. The van der Waals surface area contributed by atoms with E-state index in [1.165, 1.54) is 6.33 Å². The van der Waals surface area contributed by atoms with Crippen molar-refractivity contribution in [2.45, 2.75) is 38.0 Å². The van der Waals surface area contributed by atoms with E-state index < -0.39 is 0 Å². The largest absolute Gasteiger partial charge is 0.376 e. The number of amides is 1. The maximum Gasteiger partial charge on any atom is 0.272 e. The van der Waals surface area contributed by atoms with Gasteiger partial charge in [-0.1, -0.05) is 0 Å². The van der Waals surface area contributed by atoms with E-state index >= 15 is 0 Å². The van der Waals surface area contributed by atoms with E-state index in [2.05, 4.69) is 9.97 Å². The van der Waals surface area contributed by atoms with Crippen molar-refractivity contribution in [1.82, 2.24) is 14.9 Å². The van der Waals surface area contributed by atoms with Crippen LogP contribution in [-0.4, -0.2) is 58.8 Å². The maximum atomic E-state index is 12.5. The van der Waals surface area contributed by atoms with Gasteiger partial charge in [0.2, 0.25) is 0 Å². The number of nitrogens with zero attached hydrogens (tertiary/aromatic N) is 3. The Morgan fingerprint density at radius 1 is 1.55 bits per heavy atom. The van der Waals surface area contributed by atoms with E-state index in [9.17, 15) is 4.79 Å². The van der Waals surface area contributed by atoms with E-state index in [4.69, 9.17) is 9.47 Å². The standard InChI is InChI=1S/C14H19N3O3/c1-2-19-12-4-3-11-13(12)20-8-7-17(11)14(18)10-5-6-15-9-16-10/h5-6,9,11-13H,2-4,7-8H2,1H3/t11-,12-,13+/m0/s1. The second-order valence-electron chi connectivity index (χ2n) is 5.07. The summed E-state index contributed by atoms with van der Waals surface area (Å²) in [7, 11) is 0. The normalized spacial score (nSPS) is 29.2. The average molecular weight is 277 g/mol. The van der Waals surface area contributed by atoms with Crippen molar-refractivity contribution < 1.29 is 14.3 Å². The van der Waals surface area contributed by atoms with Crippen molar-refractivity contribution in [3.8, 4) is 0 Å². The molecule has 2 aliphatic rings. The molecule has 3 atom stereocenters. The molecule has 1 aliphatic heterocycles. The van der Waals surface area contributed by atoms with Gasteiger partial charge in [0.05, 0.1) is 18.8 Å². The molecule has 0 aromatic carbocycles. The van der Waals surface area contributed by atoms with Gasteiger partial charge in [0.15, 0.2) is 0 Å². The van der Waals surface area contributed by atoms with Gasteiger partial charge >= 0.3 is 0 Å². The third kappa shape index (κ3) is 2.41. The van der Waals surface area contributed by atoms with Gasteiger partial charge in [0.25, 0.3) is 5.91 Å². The fraction of sp³-hybridized carbons (Fsp3) is 0.643. The smallest absolute Gasteiger partial charge is 0.272 e. The highest BCUT2D eigenvalue weighted by atomic mass is 16.5. The monoisotopic (exact) mass is 277 g/mol. The van der Waals surface area contributed by atoms with E-state index in [1.54, 1.807) is 12.3 Å². The van der Waals surface area contributed by atoms with E-state index in [0.29, 0.717) is 25.5 Å². The van der Waals surface area contributed by atoms with Crippen LogP contribution in [0.4, 0.5) is 0 Å². The van der Waals surface area contributed by atoms with Crippen LogP contribution in [0, 0.1) is 0 Å². The lowest BCUT2D eigenvalue weighted by Gasteiger charge is -2.38. The molecular formula is C14H19N3O3. The third-order valence-corrected chi connectivity index (χ3v) is 3.98. The second kappa shape index (κ2) is 5.85. The molecule has 0 bridgehead atoms. The Bertz CT molecular complexity index is 468. The summed E-state index contributed by atoms with van der Waals surface area (Å²) in [4.78, 5) is 22.3. The Balaban J connectivity index is 1.76. The molecule has 1 saturated carbocycles. The molecule has 1 aromatic rings. The van der Waals surface area contributed by atoms with Crippen LogP contribution in [0.3, 0.4) is 0 Å². The van der Waals surface area contributed by atoms with Gasteiger partial charge in [-0.05, 0) is 25.8 Å². The molecule has 0 radical (unpaired) electrons. The Kier molecular flexibility index (Phi) is 3.93. The molecule has 0 unspecified atom stereocenters. The molecule has 1 aliphatic carbocycles. The molecule has 6 heteroatoms. The van der Waals surface area contributed by atoms with Crippen LogP contribution in [0.15, 0.2) is 18.6 Å². The van der Waals surface area contributed by atoms with Crippen LogP contribution < -0.4 is 0 Å². The Hall–Kier alpha value is -1.53. The molecule has 1 aromatic heterocycles. The van der Waals surface area contributed by atoms with Gasteiger partial charge in [0.1, 0.15) is 18.1 Å². The van der Waals surface area contributed by atoms with Crippen molar-refractivity contribution in [3.63, 3.8) is 0 Å². The first kappa shape index (κ1) is 13.5. The number of morpholine rings is 1. The Morgan fingerprint density at radius 3 is 3.20 bits per heavy atom. The van der Waals surface area contributed by atoms with Crippen LogP contribution in [0.25, 0.3) is 0 Å². The molecule has 1 saturated heterocycles. The molecule has 108 valence electrons. The molecule has 1 amide bonds. The van der Waals surface area contributed by atoms with Gasteiger partial charge in [0, 0.05) is 19.3 Å². The first-order valence-corrected chi connectivity index (χ1v) is 7.11. The summed E-state index contributed by atoms with van der Waals surface area (Å²) in [5, 5.41) is 0. The lowest BCUT2D eigenvalue weighted by molar-refractivity contribution is -0.102. The predicted octanol–water partition coefficient (Wildman–Crippen LogP) is 0.885. The van der Waals surface area contributed by atoms with Crippen molar-refractivity contribution >= 4 is 5.91 Å². The number of hydrogen-bond acceptors (Lipinski definition) is 5. The molecule has 2 fully saturated rings. The molecular weight excluding hydrogens is 258 g/mol. The summed E-state index contributed by atoms with van der Waals surface area (Å²) in [6.07, 6.45) is 4.96. The number of ether oxygens (including phenoxy) is 2. The zero-order valence-corrected chi connectivity index (χ0v) is 11.6. The molecule has 20 heavy (non-hydrogen) atoms.